The number of aromatic carboxylic acids is 1. The number of carbonyl (C=O) groups is 1. The zero-order valence-electron chi connectivity index (χ0n) is 11.1. The Kier molecular flexibility index (Phi) is 4.83. The second-order valence-corrected chi connectivity index (χ2v) is 5.71. The average Bonchev–Trinajstić information content (AvgIpc) is 2.39. The number of rotatable bonds is 4. The summed E-state index contributed by atoms with van der Waals surface area (Å²) in [5.41, 5.74) is 1.06. The summed E-state index contributed by atoms with van der Waals surface area (Å²) >= 11 is 6.07. The van der Waals surface area contributed by atoms with Crippen LogP contribution in [0, 0.1) is 5.92 Å². The maximum absolute atomic E-state index is 10.8. The Morgan fingerprint density at radius 2 is 2.05 bits per heavy atom. The molecule has 0 atom stereocenters. The van der Waals surface area contributed by atoms with E-state index < -0.39 is 5.97 Å². The van der Waals surface area contributed by atoms with Gasteiger partial charge in [0.05, 0.1) is 18.3 Å². The van der Waals surface area contributed by atoms with Gasteiger partial charge in [0, 0.05) is 5.02 Å². The summed E-state index contributed by atoms with van der Waals surface area (Å²) in [7, 11) is 0. The molecule has 0 bridgehead atoms. The molecule has 0 aliphatic heterocycles. The van der Waals surface area contributed by atoms with Crippen LogP contribution in [0.15, 0.2) is 18.2 Å². The summed E-state index contributed by atoms with van der Waals surface area (Å²) in [6.07, 6.45) is 4.96. The standard InChI is InChI=1S/C15H19ClO3/c1-10-2-6-13(7-3-10)19-9-12-5-4-11(15(17)18)8-14(12)16/h4-5,8,10,13H,2-3,6-7,9H2,1H3,(H,17,18). The van der Waals surface area contributed by atoms with Gasteiger partial charge >= 0.3 is 5.97 Å². The summed E-state index contributed by atoms with van der Waals surface area (Å²) in [6, 6.07) is 4.78. The van der Waals surface area contributed by atoms with Crippen molar-refractivity contribution in [3.05, 3.63) is 34.3 Å². The number of benzene rings is 1. The SMILES string of the molecule is CC1CCC(OCc2ccc(C(=O)O)cc2Cl)CC1. The lowest BCUT2D eigenvalue weighted by atomic mass is 9.89. The molecule has 1 aliphatic rings. The molecule has 0 saturated heterocycles. The van der Waals surface area contributed by atoms with Gasteiger partial charge in [-0.2, -0.15) is 0 Å². The third-order valence-electron chi connectivity index (χ3n) is 3.74. The van der Waals surface area contributed by atoms with Crippen LogP contribution in [0.25, 0.3) is 0 Å². The summed E-state index contributed by atoms with van der Waals surface area (Å²) in [5, 5.41) is 9.33. The van der Waals surface area contributed by atoms with Crippen molar-refractivity contribution in [2.45, 2.75) is 45.3 Å². The Labute approximate surface area is 118 Å². The minimum atomic E-state index is -0.962. The van der Waals surface area contributed by atoms with Gasteiger partial charge < -0.3 is 9.84 Å². The lowest BCUT2D eigenvalue weighted by Gasteiger charge is -2.26. The molecule has 4 heteroatoms. The third kappa shape index (κ3) is 3.95. The van der Waals surface area contributed by atoms with E-state index in [1.807, 2.05) is 0 Å². The molecular weight excluding hydrogens is 264 g/mol. The third-order valence-corrected chi connectivity index (χ3v) is 4.09. The highest BCUT2D eigenvalue weighted by Gasteiger charge is 2.19. The first-order valence-electron chi connectivity index (χ1n) is 6.69. The van der Waals surface area contributed by atoms with E-state index in [2.05, 4.69) is 6.92 Å². The highest BCUT2D eigenvalue weighted by atomic mass is 35.5. The Balaban J connectivity index is 1.91. The fourth-order valence-electron chi connectivity index (χ4n) is 2.40. The maximum Gasteiger partial charge on any atom is 0.335 e. The molecule has 1 aromatic rings. The smallest absolute Gasteiger partial charge is 0.335 e. The zero-order chi connectivity index (χ0) is 13.8. The van der Waals surface area contributed by atoms with Crippen molar-refractivity contribution in [2.75, 3.05) is 0 Å². The molecule has 104 valence electrons. The molecule has 1 saturated carbocycles. The molecule has 1 N–H and O–H groups in total. The van der Waals surface area contributed by atoms with Crippen LogP contribution in [0.4, 0.5) is 0 Å². The molecule has 1 fully saturated rings. The molecule has 0 radical (unpaired) electrons. The molecule has 0 heterocycles. The van der Waals surface area contributed by atoms with Gasteiger partial charge in [0.25, 0.3) is 0 Å². The van der Waals surface area contributed by atoms with Gasteiger partial charge in [-0.1, -0.05) is 24.6 Å². The van der Waals surface area contributed by atoms with Gasteiger partial charge in [-0.05, 0) is 49.3 Å². The minimum absolute atomic E-state index is 0.209. The Morgan fingerprint density at radius 1 is 1.37 bits per heavy atom. The van der Waals surface area contributed by atoms with Crippen molar-refractivity contribution in [2.24, 2.45) is 5.92 Å². The van der Waals surface area contributed by atoms with Crippen molar-refractivity contribution in [1.29, 1.82) is 0 Å². The van der Waals surface area contributed by atoms with Crippen molar-refractivity contribution < 1.29 is 14.6 Å². The van der Waals surface area contributed by atoms with Crippen molar-refractivity contribution in [1.82, 2.24) is 0 Å². The summed E-state index contributed by atoms with van der Waals surface area (Å²) < 4.78 is 5.87. The molecule has 1 aromatic carbocycles. The number of ether oxygens (including phenoxy) is 1. The molecular formula is C15H19ClO3. The first-order valence-corrected chi connectivity index (χ1v) is 7.07. The molecule has 0 unspecified atom stereocenters. The van der Waals surface area contributed by atoms with E-state index >= 15 is 0 Å². The maximum atomic E-state index is 10.8. The van der Waals surface area contributed by atoms with Gasteiger partial charge in [0.1, 0.15) is 0 Å². The first-order chi connectivity index (χ1) is 9.06. The lowest BCUT2D eigenvalue weighted by Crippen LogP contribution is -2.20. The van der Waals surface area contributed by atoms with Crippen LogP contribution in [-0.4, -0.2) is 17.2 Å². The second-order valence-electron chi connectivity index (χ2n) is 5.30. The van der Waals surface area contributed by atoms with Gasteiger partial charge in [-0.25, -0.2) is 4.79 Å². The van der Waals surface area contributed by atoms with Crippen molar-refractivity contribution in [3.63, 3.8) is 0 Å². The molecule has 3 nitrogen and oxygen atoms in total. The first kappa shape index (κ1) is 14.4. The Bertz CT molecular complexity index is 451. The van der Waals surface area contributed by atoms with E-state index in [1.165, 1.54) is 18.9 Å². The van der Waals surface area contributed by atoms with Crippen LogP contribution in [0.5, 0.6) is 0 Å². The number of hydrogen-bond acceptors (Lipinski definition) is 2. The van der Waals surface area contributed by atoms with Gasteiger partial charge in [0.2, 0.25) is 0 Å². The van der Waals surface area contributed by atoms with Crippen molar-refractivity contribution in [3.8, 4) is 0 Å². The van der Waals surface area contributed by atoms with E-state index in [9.17, 15) is 4.79 Å². The average molecular weight is 283 g/mol. The molecule has 19 heavy (non-hydrogen) atoms. The molecule has 0 spiro atoms. The Hall–Kier alpha value is -1.06. The van der Waals surface area contributed by atoms with Crippen molar-refractivity contribution >= 4 is 17.6 Å². The molecule has 1 aliphatic carbocycles. The van der Waals surface area contributed by atoms with E-state index in [0.717, 1.165) is 24.3 Å². The fraction of sp³-hybridized carbons (Fsp3) is 0.533. The van der Waals surface area contributed by atoms with Gasteiger partial charge in [0.15, 0.2) is 0 Å². The van der Waals surface area contributed by atoms with Crippen LogP contribution in [0.3, 0.4) is 0 Å². The van der Waals surface area contributed by atoms with Gasteiger partial charge in [-0.15, -0.1) is 0 Å². The number of hydrogen-bond donors (Lipinski definition) is 1. The predicted octanol–water partition coefficient (Wildman–Crippen LogP) is 4.13. The monoisotopic (exact) mass is 282 g/mol. The lowest BCUT2D eigenvalue weighted by molar-refractivity contribution is 0.00879. The number of carboxylic acids is 1. The Morgan fingerprint density at radius 3 is 2.63 bits per heavy atom. The summed E-state index contributed by atoms with van der Waals surface area (Å²) in [6.45, 7) is 2.73. The highest BCUT2D eigenvalue weighted by molar-refractivity contribution is 6.31. The zero-order valence-corrected chi connectivity index (χ0v) is 11.8. The normalized spacial score (nSPS) is 23.3. The van der Waals surface area contributed by atoms with Gasteiger partial charge in [-0.3, -0.25) is 0 Å². The topological polar surface area (TPSA) is 46.5 Å². The molecule has 2 rings (SSSR count). The van der Waals surface area contributed by atoms with Crippen LogP contribution in [-0.2, 0) is 11.3 Å². The molecule has 0 aromatic heterocycles. The van der Waals surface area contributed by atoms with E-state index in [1.54, 1.807) is 12.1 Å². The fourth-order valence-corrected chi connectivity index (χ4v) is 2.64. The minimum Gasteiger partial charge on any atom is -0.478 e. The number of halogens is 1. The summed E-state index contributed by atoms with van der Waals surface area (Å²) in [5.74, 6) is -0.158. The second kappa shape index (κ2) is 6.40. The van der Waals surface area contributed by atoms with E-state index in [0.29, 0.717) is 17.7 Å². The highest BCUT2D eigenvalue weighted by Crippen LogP contribution is 2.27. The van der Waals surface area contributed by atoms with Crippen LogP contribution < -0.4 is 0 Å². The largest absolute Gasteiger partial charge is 0.478 e. The molecule has 0 amide bonds. The van der Waals surface area contributed by atoms with E-state index in [4.69, 9.17) is 21.4 Å². The predicted molar refractivity (Wildman–Crippen MR) is 74.6 cm³/mol. The van der Waals surface area contributed by atoms with Crippen LogP contribution in [0.2, 0.25) is 5.02 Å². The van der Waals surface area contributed by atoms with Crippen LogP contribution in [0.1, 0.15) is 48.5 Å². The number of carboxylic acid groups (broad SMARTS) is 1. The van der Waals surface area contributed by atoms with Crippen LogP contribution >= 0.6 is 11.6 Å². The van der Waals surface area contributed by atoms with E-state index in [-0.39, 0.29) is 5.56 Å². The summed E-state index contributed by atoms with van der Waals surface area (Å²) in [4.78, 5) is 10.8. The quantitative estimate of drug-likeness (QED) is 0.903.